The first kappa shape index (κ1) is 19.0. The van der Waals surface area contributed by atoms with Gasteiger partial charge in [0.25, 0.3) is 0 Å². The molecule has 0 aliphatic carbocycles. The van der Waals surface area contributed by atoms with Crippen LogP contribution < -0.4 is 14.8 Å². The van der Waals surface area contributed by atoms with E-state index >= 15 is 0 Å². The number of fused-ring (bicyclic) bond motifs is 3. The standard InChI is InChI=1S/C20H19BrN4O2S/c1-3-10-28-20-23-19-17(24-25-20)13-6-4-5-7-15(13)22-18(27-19)14-11-12(21)8-9-16(14)26-2/h4-9,11,18,22H,3,10H2,1-2H3/t18-/m1/s1. The first-order valence-electron chi connectivity index (χ1n) is 8.93. The monoisotopic (exact) mass is 458 g/mol. The Kier molecular flexibility index (Phi) is 5.68. The average molecular weight is 459 g/mol. The number of halogens is 1. The van der Waals surface area contributed by atoms with E-state index in [9.17, 15) is 0 Å². The number of para-hydroxylation sites is 1. The molecule has 28 heavy (non-hydrogen) atoms. The SMILES string of the molecule is CCCSc1nnc2c(n1)O[C@H](c1cc(Br)ccc1OC)Nc1ccccc1-2. The topological polar surface area (TPSA) is 69.2 Å². The van der Waals surface area contributed by atoms with Crippen molar-refractivity contribution < 1.29 is 9.47 Å². The summed E-state index contributed by atoms with van der Waals surface area (Å²) in [6, 6.07) is 13.7. The van der Waals surface area contributed by atoms with Crippen molar-refractivity contribution in [1.29, 1.82) is 0 Å². The number of benzene rings is 2. The Hall–Kier alpha value is -2.32. The zero-order valence-corrected chi connectivity index (χ0v) is 17.9. The summed E-state index contributed by atoms with van der Waals surface area (Å²) in [6.45, 7) is 2.12. The molecule has 8 heteroatoms. The third-order valence-electron chi connectivity index (χ3n) is 4.24. The van der Waals surface area contributed by atoms with Gasteiger partial charge >= 0.3 is 0 Å². The number of thioether (sulfide) groups is 1. The van der Waals surface area contributed by atoms with Crippen LogP contribution >= 0.6 is 27.7 Å². The first-order valence-corrected chi connectivity index (χ1v) is 10.7. The minimum Gasteiger partial charge on any atom is -0.496 e. The van der Waals surface area contributed by atoms with Gasteiger partial charge in [-0.2, -0.15) is 4.98 Å². The van der Waals surface area contributed by atoms with Gasteiger partial charge in [-0.25, -0.2) is 0 Å². The molecule has 2 heterocycles. The second-order valence-electron chi connectivity index (χ2n) is 6.17. The van der Waals surface area contributed by atoms with Crippen molar-refractivity contribution in [3.05, 3.63) is 52.5 Å². The quantitative estimate of drug-likeness (QED) is 0.519. The number of methoxy groups -OCH3 is 1. The zero-order chi connectivity index (χ0) is 19.5. The predicted octanol–water partition coefficient (Wildman–Crippen LogP) is 5.31. The number of rotatable bonds is 5. The van der Waals surface area contributed by atoms with E-state index in [0.717, 1.165) is 39.2 Å². The molecule has 0 bridgehead atoms. The average Bonchev–Trinajstić information content (AvgIpc) is 2.88. The minimum atomic E-state index is -0.490. The lowest BCUT2D eigenvalue weighted by molar-refractivity contribution is 0.219. The highest BCUT2D eigenvalue weighted by molar-refractivity contribution is 9.10. The molecule has 4 rings (SSSR count). The van der Waals surface area contributed by atoms with Gasteiger partial charge in [-0.3, -0.25) is 0 Å². The van der Waals surface area contributed by atoms with E-state index in [0.29, 0.717) is 16.7 Å². The Morgan fingerprint density at radius 1 is 1.21 bits per heavy atom. The van der Waals surface area contributed by atoms with E-state index in [4.69, 9.17) is 9.47 Å². The molecule has 144 valence electrons. The highest BCUT2D eigenvalue weighted by Crippen LogP contribution is 2.41. The van der Waals surface area contributed by atoms with Crippen LogP contribution in [0.1, 0.15) is 25.1 Å². The molecule has 1 N–H and O–H groups in total. The number of nitrogens with zero attached hydrogens (tertiary/aromatic N) is 3. The molecular weight excluding hydrogens is 440 g/mol. The summed E-state index contributed by atoms with van der Waals surface area (Å²) in [4.78, 5) is 4.64. The number of hydrogen-bond acceptors (Lipinski definition) is 7. The van der Waals surface area contributed by atoms with Gasteiger partial charge in [0.15, 0.2) is 5.69 Å². The number of ether oxygens (including phenoxy) is 2. The molecule has 6 nitrogen and oxygen atoms in total. The van der Waals surface area contributed by atoms with Crippen molar-refractivity contribution in [2.75, 3.05) is 18.2 Å². The van der Waals surface area contributed by atoms with Crippen LogP contribution in [0.2, 0.25) is 0 Å². The molecule has 0 fully saturated rings. The second-order valence-corrected chi connectivity index (χ2v) is 8.15. The summed E-state index contributed by atoms with van der Waals surface area (Å²) < 4.78 is 12.8. The van der Waals surface area contributed by atoms with Crippen LogP contribution in [0.3, 0.4) is 0 Å². The fourth-order valence-electron chi connectivity index (χ4n) is 2.95. The Balaban J connectivity index is 1.82. The Morgan fingerprint density at radius 2 is 2.07 bits per heavy atom. The van der Waals surface area contributed by atoms with Crippen LogP contribution in [0.5, 0.6) is 11.6 Å². The van der Waals surface area contributed by atoms with E-state index in [1.165, 1.54) is 0 Å². The molecule has 0 saturated carbocycles. The van der Waals surface area contributed by atoms with Gasteiger partial charge in [0.1, 0.15) is 5.75 Å². The highest BCUT2D eigenvalue weighted by Gasteiger charge is 2.28. The Labute approximate surface area is 176 Å². The van der Waals surface area contributed by atoms with Crippen LogP contribution in [0.4, 0.5) is 5.69 Å². The summed E-state index contributed by atoms with van der Waals surface area (Å²) in [5.74, 6) is 2.11. The van der Waals surface area contributed by atoms with Crippen LogP contribution in [0.15, 0.2) is 52.1 Å². The van der Waals surface area contributed by atoms with Crippen molar-refractivity contribution >= 4 is 33.4 Å². The summed E-state index contributed by atoms with van der Waals surface area (Å²) in [5, 5.41) is 12.8. The van der Waals surface area contributed by atoms with Crippen LogP contribution in [0, 0.1) is 0 Å². The van der Waals surface area contributed by atoms with E-state index in [2.05, 4.69) is 43.4 Å². The van der Waals surface area contributed by atoms with Crippen LogP contribution in [-0.4, -0.2) is 28.0 Å². The van der Waals surface area contributed by atoms with Gasteiger partial charge in [0.2, 0.25) is 17.3 Å². The molecule has 0 saturated heterocycles. The van der Waals surface area contributed by atoms with E-state index < -0.39 is 6.23 Å². The van der Waals surface area contributed by atoms with Gasteiger partial charge in [0.05, 0.1) is 12.7 Å². The van der Waals surface area contributed by atoms with Crippen LogP contribution in [-0.2, 0) is 0 Å². The largest absolute Gasteiger partial charge is 0.496 e. The van der Waals surface area contributed by atoms with E-state index in [1.54, 1.807) is 18.9 Å². The molecule has 1 aromatic heterocycles. The highest BCUT2D eigenvalue weighted by atomic mass is 79.9. The van der Waals surface area contributed by atoms with Gasteiger partial charge in [0, 0.05) is 21.5 Å². The maximum atomic E-state index is 6.30. The molecule has 0 radical (unpaired) electrons. The second kappa shape index (κ2) is 8.36. The lowest BCUT2D eigenvalue weighted by Crippen LogP contribution is -2.18. The zero-order valence-electron chi connectivity index (χ0n) is 15.5. The maximum Gasteiger partial charge on any atom is 0.247 e. The molecule has 0 spiro atoms. The van der Waals surface area contributed by atoms with E-state index in [-0.39, 0.29) is 0 Å². The van der Waals surface area contributed by atoms with Crippen molar-refractivity contribution in [2.24, 2.45) is 0 Å². The number of aromatic nitrogens is 3. The van der Waals surface area contributed by atoms with Crippen LogP contribution in [0.25, 0.3) is 11.3 Å². The van der Waals surface area contributed by atoms with Crippen molar-refractivity contribution in [2.45, 2.75) is 24.7 Å². The Bertz CT molecular complexity index is 1000. The molecule has 0 unspecified atom stereocenters. The van der Waals surface area contributed by atoms with Crippen molar-refractivity contribution in [3.63, 3.8) is 0 Å². The number of nitrogens with one attached hydrogen (secondary N) is 1. The van der Waals surface area contributed by atoms with Gasteiger partial charge in [-0.15, -0.1) is 10.2 Å². The van der Waals surface area contributed by atoms with Gasteiger partial charge in [-0.05, 0) is 30.7 Å². The summed E-state index contributed by atoms with van der Waals surface area (Å²) in [7, 11) is 1.65. The first-order chi connectivity index (χ1) is 13.7. The summed E-state index contributed by atoms with van der Waals surface area (Å²) in [6.07, 6.45) is 0.546. The molecule has 3 aromatic rings. The normalized spacial score (nSPS) is 14.9. The molecular formula is C20H19BrN4O2S. The molecule has 1 aliphatic rings. The molecule has 0 amide bonds. The summed E-state index contributed by atoms with van der Waals surface area (Å²) >= 11 is 5.11. The minimum absolute atomic E-state index is 0.457. The third kappa shape index (κ3) is 3.79. The fourth-order valence-corrected chi connectivity index (χ4v) is 3.96. The Morgan fingerprint density at radius 3 is 2.89 bits per heavy atom. The molecule has 2 aromatic carbocycles. The third-order valence-corrected chi connectivity index (χ3v) is 5.78. The predicted molar refractivity (Wildman–Crippen MR) is 114 cm³/mol. The summed E-state index contributed by atoms with van der Waals surface area (Å²) in [5.41, 5.74) is 3.29. The lowest BCUT2D eigenvalue weighted by atomic mass is 10.1. The molecule has 1 aliphatic heterocycles. The van der Waals surface area contributed by atoms with Crippen molar-refractivity contribution in [3.8, 4) is 22.9 Å². The van der Waals surface area contributed by atoms with Crippen molar-refractivity contribution in [1.82, 2.24) is 15.2 Å². The lowest BCUT2D eigenvalue weighted by Gasteiger charge is -2.21. The van der Waals surface area contributed by atoms with Gasteiger partial charge < -0.3 is 14.8 Å². The van der Waals surface area contributed by atoms with E-state index in [1.807, 2.05) is 42.5 Å². The molecule has 1 atom stereocenters. The fraction of sp³-hybridized carbons (Fsp3) is 0.250. The number of anilines is 1. The maximum absolute atomic E-state index is 6.30. The number of hydrogen-bond donors (Lipinski definition) is 1. The van der Waals surface area contributed by atoms with Gasteiger partial charge in [-0.1, -0.05) is 52.8 Å². The smallest absolute Gasteiger partial charge is 0.247 e.